The van der Waals surface area contributed by atoms with Crippen LogP contribution in [0.2, 0.25) is 0 Å². The maximum atomic E-state index is 11.2. The highest BCUT2D eigenvalue weighted by Crippen LogP contribution is 2.22. The van der Waals surface area contributed by atoms with E-state index in [0.29, 0.717) is 11.5 Å². The molecule has 0 amide bonds. The van der Waals surface area contributed by atoms with Gasteiger partial charge in [-0.3, -0.25) is 4.55 Å². The minimum absolute atomic E-state index is 0.223. The molecule has 1 heterocycles. The number of para-hydroxylation sites is 1. The first-order valence-electron chi connectivity index (χ1n) is 4.78. The number of nitrogens with zero attached hydrogens (tertiary/aromatic N) is 2. The van der Waals surface area contributed by atoms with Crippen LogP contribution in [0, 0.1) is 6.92 Å². The highest BCUT2D eigenvalue weighted by atomic mass is 32.2. The van der Waals surface area contributed by atoms with Crippen molar-refractivity contribution in [2.24, 2.45) is 0 Å². The first-order chi connectivity index (χ1) is 7.89. The molecule has 0 bridgehead atoms. The van der Waals surface area contributed by atoms with Crippen molar-refractivity contribution in [3.05, 3.63) is 36.0 Å². The first kappa shape index (κ1) is 11.6. The third-order valence-electron chi connectivity index (χ3n) is 2.23. The average molecular weight is 253 g/mol. The number of anilines is 1. The van der Waals surface area contributed by atoms with Gasteiger partial charge in [0.1, 0.15) is 10.7 Å². The van der Waals surface area contributed by atoms with Gasteiger partial charge < -0.3 is 5.73 Å². The molecule has 0 saturated heterocycles. The molecule has 7 heteroatoms. The molecule has 0 aliphatic rings. The molecular weight excluding hydrogens is 242 g/mol. The number of aryl methyl sites for hydroxylation is 1. The molecule has 1 aromatic heterocycles. The average Bonchev–Trinajstić information content (AvgIpc) is 2.56. The molecule has 2 rings (SSSR count). The molecule has 90 valence electrons. The van der Waals surface area contributed by atoms with Gasteiger partial charge in [0, 0.05) is 6.07 Å². The molecule has 0 radical (unpaired) electrons. The Morgan fingerprint density at radius 2 is 2.00 bits per heavy atom. The van der Waals surface area contributed by atoms with Crippen LogP contribution in [0.4, 0.5) is 5.82 Å². The zero-order valence-electron chi connectivity index (χ0n) is 9.03. The van der Waals surface area contributed by atoms with Gasteiger partial charge in [-0.15, -0.1) is 0 Å². The van der Waals surface area contributed by atoms with Crippen LogP contribution in [0.25, 0.3) is 5.69 Å². The van der Waals surface area contributed by atoms with Crippen LogP contribution >= 0.6 is 0 Å². The van der Waals surface area contributed by atoms with E-state index in [2.05, 4.69) is 5.10 Å². The summed E-state index contributed by atoms with van der Waals surface area (Å²) in [6, 6.07) is 7.58. The third kappa shape index (κ3) is 2.15. The fraction of sp³-hybridized carbons (Fsp3) is 0.100. The highest BCUT2D eigenvalue weighted by Gasteiger charge is 2.17. The summed E-state index contributed by atoms with van der Waals surface area (Å²) in [6.07, 6.45) is 0. The lowest BCUT2D eigenvalue weighted by atomic mass is 10.3. The van der Waals surface area contributed by atoms with Crippen molar-refractivity contribution in [3.63, 3.8) is 0 Å². The summed E-state index contributed by atoms with van der Waals surface area (Å²) in [5.74, 6) is 0.304. The molecule has 6 nitrogen and oxygen atoms in total. The smallest absolute Gasteiger partial charge is 0.296 e. The predicted molar refractivity (Wildman–Crippen MR) is 62.5 cm³/mol. The van der Waals surface area contributed by atoms with Crippen LogP contribution in [0.5, 0.6) is 0 Å². The predicted octanol–water partition coefficient (Wildman–Crippen LogP) is 1.01. The number of hydrogen-bond acceptors (Lipinski definition) is 4. The molecule has 0 aliphatic heterocycles. The molecule has 2 aromatic rings. The van der Waals surface area contributed by atoms with Gasteiger partial charge in [-0.1, -0.05) is 12.1 Å². The van der Waals surface area contributed by atoms with E-state index >= 15 is 0 Å². The Labute approximate surface area is 98.4 Å². The van der Waals surface area contributed by atoms with Crippen molar-refractivity contribution in [2.75, 3.05) is 5.73 Å². The standard InChI is InChI=1S/C10H11N3O3S/c1-7-6-10(11)13(12-7)8-4-2-3-5-9(8)17(14,15)16/h2-6H,11H2,1H3,(H,14,15,16). The molecule has 0 saturated carbocycles. The lowest BCUT2D eigenvalue weighted by molar-refractivity contribution is 0.482. The van der Waals surface area contributed by atoms with Gasteiger partial charge in [0.15, 0.2) is 0 Å². The number of nitrogen functional groups attached to an aromatic ring is 1. The van der Waals surface area contributed by atoms with Crippen molar-refractivity contribution >= 4 is 15.9 Å². The van der Waals surface area contributed by atoms with Crippen molar-refractivity contribution in [1.29, 1.82) is 0 Å². The van der Waals surface area contributed by atoms with Crippen LogP contribution in [0.3, 0.4) is 0 Å². The summed E-state index contributed by atoms with van der Waals surface area (Å²) in [4.78, 5) is -0.227. The van der Waals surface area contributed by atoms with E-state index in [1.165, 1.54) is 22.9 Å². The van der Waals surface area contributed by atoms with E-state index in [9.17, 15) is 8.42 Å². The number of aromatic nitrogens is 2. The van der Waals surface area contributed by atoms with Gasteiger partial charge in [0.2, 0.25) is 0 Å². The molecule has 0 fully saturated rings. The summed E-state index contributed by atoms with van der Waals surface area (Å²) in [6.45, 7) is 1.74. The molecule has 0 aliphatic carbocycles. The van der Waals surface area contributed by atoms with Crippen molar-refractivity contribution in [3.8, 4) is 5.69 Å². The van der Waals surface area contributed by atoms with Crippen molar-refractivity contribution in [1.82, 2.24) is 9.78 Å². The van der Waals surface area contributed by atoms with Crippen LogP contribution in [0.15, 0.2) is 35.2 Å². The topological polar surface area (TPSA) is 98.2 Å². The summed E-state index contributed by atoms with van der Waals surface area (Å²) < 4.78 is 32.8. The molecular formula is C10H11N3O3S. The monoisotopic (exact) mass is 253 g/mol. The van der Waals surface area contributed by atoms with E-state index in [-0.39, 0.29) is 10.6 Å². The molecule has 0 atom stereocenters. The zero-order chi connectivity index (χ0) is 12.6. The second-order valence-corrected chi connectivity index (χ2v) is 4.96. The molecule has 3 N–H and O–H groups in total. The second kappa shape index (κ2) is 3.86. The maximum Gasteiger partial charge on any atom is 0.296 e. The lowest BCUT2D eigenvalue weighted by Crippen LogP contribution is -2.08. The Balaban J connectivity index is 2.73. The van der Waals surface area contributed by atoms with E-state index in [1.54, 1.807) is 19.1 Å². The zero-order valence-corrected chi connectivity index (χ0v) is 9.85. The Bertz CT molecular complexity index is 661. The number of hydrogen-bond donors (Lipinski definition) is 2. The minimum Gasteiger partial charge on any atom is -0.384 e. The normalized spacial score (nSPS) is 11.6. The highest BCUT2D eigenvalue weighted by molar-refractivity contribution is 7.86. The van der Waals surface area contributed by atoms with Crippen molar-refractivity contribution in [2.45, 2.75) is 11.8 Å². The summed E-state index contributed by atoms with van der Waals surface area (Å²) in [7, 11) is -4.31. The SMILES string of the molecule is Cc1cc(N)n(-c2ccccc2S(=O)(=O)O)n1. The van der Waals surface area contributed by atoms with Crippen molar-refractivity contribution < 1.29 is 13.0 Å². The number of benzene rings is 1. The Kier molecular flexibility index (Phi) is 2.64. The number of nitrogens with two attached hydrogens (primary N) is 1. The second-order valence-electron chi connectivity index (χ2n) is 3.57. The van der Waals surface area contributed by atoms with Gasteiger partial charge in [0.05, 0.1) is 11.4 Å². The van der Waals surface area contributed by atoms with Gasteiger partial charge in [0.25, 0.3) is 10.1 Å². The lowest BCUT2D eigenvalue weighted by Gasteiger charge is -2.08. The Hall–Kier alpha value is -1.86. The Morgan fingerprint density at radius 1 is 1.35 bits per heavy atom. The van der Waals surface area contributed by atoms with Gasteiger partial charge in [-0.05, 0) is 19.1 Å². The van der Waals surface area contributed by atoms with Gasteiger partial charge in [-0.2, -0.15) is 13.5 Å². The van der Waals surface area contributed by atoms with Crippen LogP contribution in [-0.2, 0) is 10.1 Å². The van der Waals surface area contributed by atoms with Crippen LogP contribution in [-0.4, -0.2) is 22.8 Å². The van der Waals surface area contributed by atoms with E-state index in [4.69, 9.17) is 10.3 Å². The number of rotatable bonds is 2. The summed E-state index contributed by atoms with van der Waals surface area (Å²) in [5.41, 5.74) is 6.59. The van der Waals surface area contributed by atoms with E-state index in [0.717, 1.165) is 0 Å². The fourth-order valence-electron chi connectivity index (χ4n) is 1.56. The van der Waals surface area contributed by atoms with E-state index < -0.39 is 10.1 Å². The van der Waals surface area contributed by atoms with Gasteiger partial charge in [-0.25, -0.2) is 4.68 Å². The Morgan fingerprint density at radius 3 is 2.53 bits per heavy atom. The van der Waals surface area contributed by atoms with Gasteiger partial charge >= 0.3 is 0 Å². The summed E-state index contributed by atoms with van der Waals surface area (Å²) in [5, 5.41) is 4.07. The minimum atomic E-state index is -4.31. The molecule has 0 unspecified atom stereocenters. The summed E-state index contributed by atoms with van der Waals surface area (Å²) >= 11 is 0. The van der Waals surface area contributed by atoms with E-state index in [1.807, 2.05) is 0 Å². The third-order valence-corrected chi connectivity index (χ3v) is 3.13. The largest absolute Gasteiger partial charge is 0.384 e. The van der Waals surface area contributed by atoms with Crippen LogP contribution < -0.4 is 5.73 Å². The molecule has 17 heavy (non-hydrogen) atoms. The quantitative estimate of drug-likeness (QED) is 0.778. The fourth-order valence-corrected chi connectivity index (χ4v) is 2.23. The molecule has 1 aromatic carbocycles. The van der Waals surface area contributed by atoms with Crippen LogP contribution in [0.1, 0.15) is 5.69 Å². The first-order valence-corrected chi connectivity index (χ1v) is 6.22. The molecule has 0 spiro atoms. The maximum absolute atomic E-state index is 11.2.